The Hall–Kier alpha value is -1.17. The zero-order valence-corrected chi connectivity index (χ0v) is 10.3. The molecule has 1 unspecified atom stereocenters. The van der Waals surface area contributed by atoms with E-state index in [1.54, 1.807) is 12.4 Å². The first-order valence-electron chi connectivity index (χ1n) is 4.54. The summed E-state index contributed by atoms with van der Waals surface area (Å²) in [5.41, 5.74) is 5.34. The van der Waals surface area contributed by atoms with Crippen molar-refractivity contribution in [1.29, 1.82) is 5.41 Å². The lowest BCUT2D eigenvalue weighted by molar-refractivity contribution is 0.688. The Morgan fingerprint density at radius 2 is 2.13 bits per heavy atom. The smallest absolute Gasteiger partial charge is 0.225 e. The van der Waals surface area contributed by atoms with Crippen LogP contribution in [0.15, 0.2) is 16.9 Å². The summed E-state index contributed by atoms with van der Waals surface area (Å²) < 4.78 is 0.846. The fourth-order valence-electron chi connectivity index (χ4n) is 1.14. The molecular formula is C9H14BrN5. The molecule has 1 rings (SSSR count). The predicted octanol–water partition coefficient (Wildman–Crippen LogP) is 1.39. The van der Waals surface area contributed by atoms with Crippen LogP contribution in [0, 0.1) is 5.41 Å². The highest BCUT2D eigenvalue weighted by Gasteiger charge is 2.12. The van der Waals surface area contributed by atoms with E-state index in [1.165, 1.54) is 0 Å². The third kappa shape index (κ3) is 3.47. The number of nitrogens with zero attached hydrogens (tertiary/aromatic N) is 3. The molecule has 1 heterocycles. The van der Waals surface area contributed by atoms with Gasteiger partial charge in [0.1, 0.15) is 0 Å². The molecule has 0 aromatic carbocycles. The van der Waals surface area contributed by atoms with Crippen molar-refractivity contribution in [2.75, 3.05) is 11.9 Å². The van der Waals surface area contributed by atoms with Gasteiger partial charge < -0.3 is 10.6 Å². The first-order chi connectivity index (χ1) is 7.00. The third-order valence-corrected chi connectivity index (χ3v) is 2.51. The van der Waals surface area contributed by atoms with Crippen molar-refractivity contribution in [2.45, 2.75) is 19.4 Å². The number of aromatic nitrogens is 2. The van der Waals surface area contributed by atoms with Crippen molar-refractivity contribution >= 4 is 27.7 Å². The molecule has 5 nitrogen and oxygen atoms in total. The highest BCUT2D eigenvalue weighted by molar-refractivity contribution is 9.10. The van der Waals surface area contributed by atoms with E-state index in [9.17, 15) is 0 Å². The number of nitrogens with two attached hydrogens (primary N) is 1. The Balaban J connectivity index is 2.71. The van der Waals surface area contributed by atoms with Crippen LogP contribution >= 0.6 is 15.9 Å². The topological polar surface area (TPSA) is 78.9 Å². The van der Waals surface area contributed by atoms with Crippen molar-refractivity contribution in [3.8, 4) is 0 Å². The summed E-state index contributed by atoms with van der Waals surface area (Å²) in [6.07, 6.45) is 3.90. The van der Waals surface area contributed by atoms with Crippen LogP contribution < -0.4 is 10.6 Å². The van der Waals surface area contributed by atoms with Gasteiger partial charge in [0.15, 0.2) is 0 Å². The number of anilines is 1. The predicted molar refractivity (Wildman–Crippen MR) is 64.1 cm³/mol. The van der Waals surface area contributed by atoms with E-state index in [0.29, 0.717) is 12.4 Å². The molecule has 0 saturated carbocycles. The minimum Gasteiger partial charge on any atom is -0.388 e. The van der Waals surface area contributed by atoms with Crippen molar-refractivity contribution in [3.63, 3.8) is 0 Å². The van der Waals surface area contributed by atoms with E-state index in [-0.39, 0.29) is 11.9 Å². The van der Waals surface area contributed by atoms with Gasteiger partial charge in [0.2, 0.25) is 5.95 Å². The van der Waals surface area contributed by atoms with E-state index in [1.807, 2.05) is 18.9 Å². The number of hydrogen-bond acceptors (Lipinski definition) is 4. The summed E-state index contributed by atoms with van der Waals surface area (Å²) in [4.78, 5) is 10.2. The second-order valence-corrected chi connectivity index (χ2v) is 4.31. The van der Waals surface area contributed by atoms with Gasteiger partial charge in [-0.2, -0.15) is 0 Å². The molecule has 15 heavy (non-hydrogen) atoms. The van der Waals surface area contributed by atoms with Gasteiger partial charge in [0.25, 0.3) is 0 Å². The molecule has 1 aromatic rings. The lowest BCUT2D eigenvalue weighted by Crippen LogP contribution is -2.33. The molecular weight excluding hydrogens is 258 g/mol. The van der Waals surface area contributed by atoms with Crippen LogP contribution in [0.5, 0.6) is 0 Å². The molecule has 0 amide bonds. The normalized spacial score (nSPS) is 12.2. The molecule has 3 N–H and O–H groups in total. The highest BCUT2D eigenvalue weighted by Crippen LogP contribution is 2.12. The monoisotopic (exact) mass is 271 g/mol. The fraction of sp³-hybridized carbons (Fsp3) is 0.444. The van der Waals surface area contributed by atoms with Crippen LogP contribution in [0.3, 0.4) is 0 Å². The van der Waals surface area contributed by atoms with E-state index in [4.69, 9.17) is 11.1 Å². The van der Waals surface area contributed by atoms with Gasteiger partial charge in [-0.25, -0.2) is 9.97 Å². The molecule has 0 radical (unpaired) electrons. The van der Waals surface area contributed by atoms with Gasteiger partial charge >= 0.3 is 0 Å². The maximum atomic E-state index is 7.22. The van der Waals surface area contributed by atoms with Crippen LogP contribution in [0.2, 0.25) is 0 Å². The molecule has 0 saturated heterocycles. The summed E-state index contributed by atoms with van der Waals surface area (Å²) in [6.45, 7) is 1.98. The summed E-state index contributed by atoms with van der Waals surface area (Å²) in [5.74, 6) is 0.804. The molecule has 0 aliphatic carbocycles. The number of rotatable bonds is 4. The Morgan fingerprint density at radius 3 is 2.60 bits per heavy atom. The van der Waals surface area contributed by atoms with E-state index >= 15 is 0 Å². The Labute approximate surface area is 97.3 Å². The molecule has 6 heteroatoms. The summed E-state index contributed by atoms with van der Waals surface area (Å²) in [7, 11) is 1.89. The molecule has 82 valence electrons. The van der Waals surface area contributed by atoms with Crippen molar-refractivity contribution in [1.82, 2.24) is 9.97 Å². The average Bonchev–Trinajstić information content (AvgIpc) is 2.17. The molecule has 0 spiro atoms. The van der Waals surface area contributed by atoms with Crippen molar-refractivity contribution in [3.05, 3.63) is 16.9 Å². The fourth-order valence-corrected chi connectivity index (χ4v) is 1.34. The largest absolute Gasteiger partial charge is 0.388 e. The van der Waals surface area contributed by atoms with E-state index < -0.39 is 0 Å². The standard InChI is InChI=1S/C9H14BrN5/c1-6(3-8(11)12)15(2)9-13-4-7(10)5-14-9/h4-6H,3H2,1-2H3,(H3,11,12). The summed E-state index contributed by atoms with van der Waals surface area (Å²) in [5, 5.41) is 7.22. The van der Waals surface area contributed by atoms with Crippen LogP contribution in [0.25, 0.3) is 0 Å². The average molecular weight is 272 g/mol. The summed E-state index contributed by atoms with van der Waals surface area (Å²) >= 11 is 3.27. The number of hydrogen-bond donors (Lipinski definition) is 2. The lowest BCUT2D eigenvalue weighted by atomic mass is 10.2. The van der Waals surface area contributed by atoms with Crippen LogP contribution in [0.1, 0.15) is 13.3 Å². The first kappa shape index (κ1) is 11.9. The molecule has 1 aromatic heterocycles. The first-order valence-corrected chi connectivity index (χ1v) is 5.33. The third-order valence-electron chi connectivity index (χ3n) is 2.10. The van der Waals surface area contributed by atoms with Crippen molar-refractivity contribution in [2.24, 2.45) is 5.73 Å². The molecule has 0 fully saturated rings. The SMILES string of the molecule is CC(CC(=N)N)N(C)c1ncc(Br)cn1. The minimum absolute atomic E-state index is 0.115. The molecule has 1 atom stereocenters. The Morgan fingerprint density at radius 1 is 1.60 bits per heavy atom. The van der Waals surface area contributed by atoms with E-state index in [2.05, 4.69) is 25.9 Å². The zero-order valence-electron chi connectivity index (χ0n) is 8.74. The second-order valence-electron chi connectivity index (χ2n) is 3.39. The van der Waals surface area contributed by atoms with Gasteiger partial charge in [-0.3, -0.25) is 5.41 Å². The maximum absolute atomic E-state index is 7.22. The second kappa shape index (κ2) is 5.06. The van der Waals surface area contributed by atoms with Gasteiger partial charge in [-0.15, -0.1) is 0 Å². The Bertz CT molecular complexity index is 337. The van der Waals surface area contributed by atoms with Crippen LogP contribution in [-0.2, 0) is 0 Å². The number of amidine groups is 1. The lowest BCUT2D eigenvalue weighted by Gasteiger charge is -2.24. The van der Waals surface area contributed by atoms with Gasteiger partial charge in [0, 0.05) is 31.9 Å². The van der Waals surface area contributed by atoms with Gasteiger partial charge in [-0.05, 0) is 22.9 Å². The van der Waals surface area contributed by atoms with Gasteiger partial charge in [-0.1, -0.05) is 0 Å². The number of halogens is 1. The number of nitrogens with one attached hydrogen (secondary N) is 1. The van der Waals surface area contributed by atoms with E-state index in [0.717, 1.165) is 4.47 Å². The highest BCUT2D eigenvalue weighted by atomic mass is 79.9. The molecule has 0 bridgehead atoms. The molecule has 0 aliphatic rings. The van der Waals surface area contributed by atoms with Crippen molar-refractivity contribution < 1.29 is 0 Å². The minimum atomic E-state index is 0.115. The molecule has 0 aliphatic heterocycles. The quantitative estimate of drug-likeness (QED) is 0.641. The maximum Gasteiger partial charge on any atom is 0.225 e. The zero-order chi connectivity index (χ0) is 11.4. The van der Waals surface area contributed by atoms with Crippen LogP contribution in [-0.4, -0.2) is 28.9 Å². The van der Waals surface area contributed by atoms with Crippen LogP contribution in [0.4, 0.5) is 5.95 Å². The summed E-state index contributed by atoms with van der Waals surface area (Å²) in [6, 6.07) is 0.115. The Kier molecular flexibility index (Phi) is 4.02. The van der Waals surface area contributed by atoms with Gasteiger partial charge in [0.05, 0.1) is 10.3 Å².